The van der Waals surface area contributed by atoms with Crippen molar-refractivity contribution in [2.45, 2.75) is 89.9 Å². The first-order valence-electron chi connectivity index (χ1n) is 14.2. The number of ether oxygens (including phenoxy) is 1. The van der Waals surface area contributed by atoms with Crippen LogP contribution in [0.15, 0.2) is 47.4 Å². The molecule has 1 aromatic carbocycles. The Labute approximate surface area is 241 Å². The van der Waals surface area contributed by atoms with Gasteiger partial charge in [-0.05, 0) is 109 Å². The van der Waals surface area contributed by atoms with Gasteiger partial charge in [0.1, 0.15) is 11.4 Å². The highest BCUT2D eigenvalue weighted by Crippen LogP contribution is 2.52. The van der Waals surface area contributed by atoms with Gasteiger partial charge in [-0.3, -0.25) is 9.69 Å². The largest absolute Gasteiger partial charge is 0.444 e. The number of piperidine rings is 1. The van der Waals surface area contributed by atoms with Crippen molar-refractivity contribution in [1.29, 1.82) is 0 Å². The summed E-state index contributed by atoms with van der Waals surface area (Å²) in [4.78, 5) is 29.4. The number of carbonyl (C=O) groups excluding carboxylic acids is 1. The number of hydrogen-bond donors (Lipinski definition) is 0. The summed E-state index contributed by atoms with van der Waals surface area (Å²) in [7, 11) is 3.68. The van der Waals surface area contributed by atoms with E-state index in [-0.39, 0.29) is 28.8 Å². The van der Waals surface area contributed by atoms with E-state index in [1.165, 1.54) is 16.7 Å². The molecule has 0 radical (unpaired) electrons. The monoisotopic (exact) mass is 561 g/mol. The molecule has 0 N–H and O–H groups in total. The van der Waals surface area contributed by atoms with Crippen molar-refractivity contribution in [3.63, 3.8) is 0 Å². The first-order chi connectivity index (χ1) is 19.1. The SMILES string of the molecule is Cc1cc(-c2ccn(C)c(=O)c2)c(F)cc1-c1ccc(N(C)C2C[C@]3(C)CC[C@](C)(C2)N3C(=O)OC(C)(C)C)nn1. The number of nitrogens with zero attached hydrogens (tertiary/aromatic N) is 5. The molecule has 1 amide bonds. The molecule has 2 aromatic heterocycles. The van der Waals surface area contributed by atoms with Crippen LogP contribution in [-0.2, 0) is 11.8 Å². The molecule has 2 aliphatic rings. The van der Waals surface area contributed by atoms with Crippen molar-refractivity contribution in [1.82, 2.24) is 19.7 Å². The lowest BCUT2D eigenvalue weighted by molar-refractivity contribution is -0.0357. The molecule has 3 atom stereocenters. The molecule has 9 heteroatoms. The van der Waals surface area contributed by atoms with Crippen molar-refractivity contribution in [2.75, 3.05) is 11.9 Å². The zero-order valence-electron chi connectivity index (χ0n) is 25.3. The normalized spacial score (nSPS) is 23.9. The summed E-state index contributed by atoms with van der Waals surface area (Å²) >= 11 is 0. The van der Waals surface area contributed by atoms with Gasteiger partial charge in [-0.1, -0.05) is 0 Å². The van der Waals surface area contributed by atoms with Gasteiger partial charge < -0.3 is 14.2 Å². The molecule has 41 heavy (non-hydrogen) atoms. The van der Waals surface area contributed by atoms with Crippen LogP contribution in [0.3, 0.4) is 0 Å². The predicted octanol–water partition coefficient (Wildman–Crippen LogP) is 6.10. The Bertz CT molecular complexity index is 1530. The maximum Gasteiger partial charge on any atom is 0.411 e. The highest BCUT2D eigenvalue weighted by atomic mass is 19.1. The van der Waals surface area contributed by atoms with Crippen LogP contribution < -0.4 is 10.5 Å². The van der Waals surface area contributed by atoms with E-state index in [9.17, 15) is 9.59 Å². The average Bonchev–Trinajstić information content (AvgIpc) is 3.06. The summed E-state index contributed by atoms with van der Waals surface area (Å²) in [5.74, 6) is 0.307. The number of halogens is 1. The second kappa shape index (κ2) is 9.96. The summed E-state index contributed by atoms with van der Waals surface area (Å²) in [6.45, 7) is 11.9. The van der Waals surface area contributed by atoms with Crippen molar-refractivity contribution in [2.24, 2.45) is 7.05 Å². The molecule has 0 aliphatic carbocycles. The third-order valence-electron chi connectivity index (χ3n) is 8.77. The van der Waals surface area contributed by atoms with Crippen LogP contribution in [0.1, 0.15) is 65.9 Å². The van der Waals surface area contributed by atoms with Crippen molar-refractivity contribution < 1.29 is 13.9 Å². The zero-order valence-corrected chi connectivity index (χ0v) is 25.3. The number of pyridine rings is 1. The third kappa shape index (κ3) is 5.34. The molecular formula is C32H40FN5O3. The first kappa shape index (κ1) is 28.8. The van der Waals surface area contributed by atoms with Gasteiger partial charge in [0.15, 0.2) is 5.82 Å². The first-order valence-corrected chi connectivity index (χ1v) is 14.2. The second-order valence-electron chi connectivity index (χ2n) is 13.3. The summed E-state index contributed by atoms with van der Waals surface area (Å²) < 4.78 is 22.5. The Kier molecular flexibility index (Phi) is 6.99. The fourth-order valence-corrected chi connectivity index (χ4v) is 6.65. The number of amides is 1. The van der Waals surface area contributed by atoms with Crippen LogP contribution in [0.2, 0.25) is 0 Å². The summed E-state index contributed by atoms with van der Waals surface area (Å²) in [5, 5.41) is 9.00. The fourth-order valence-electron chi connectivity index (χ4n) is 6.65. The molecule has 2 aliphatic heterocycles. The van der Waals surface area contributed by atoms with Gasteiger partial charge in [0.25, 0.3) is 5.56 Å². The van der Waals surface area contributed by atoms with Gasteiger partial charge in [0.05, 0.1) is 5.69 Å². The Morgan fingerprint density at radius 3 is 2.27 bits per heavy atom. The molecular weight excluding hydrogens is 521 g/mol. The minimum absolute atomic E-state index is 0.170. The lowest BCUT2D eigenvalue weighted by Gasteiger charge is -2.52. The number of anilines is 1. The Morgan fingerprint density at radius 2 is 1.71 bits per heavy atom. The van der Waals surface area contributed by atoms with E-state index in [4.69, 9.17) is 4.74 Å². The molecule has 2 bridgehead atoms. The van der Waals surface area contributed by atoms with Crippen LogP contribution >= 0.6 is 0 Å². The van der Waals surface area contributed by atoms with E-state index < -0.39 is 11.4 Å². The third-order valence-corrected chi connectivity index (χ3v) is 8.77. The van der Waals surface area contributed by atoms with Crippen LogP contribution in [0, 0.1) is 12.7 Å². The summed E-state index contributed by atoms with van der Waals surface area (Å²) in [6, 6.07) is 10.3. The molecule has 2 saturated heterocycles. The minimum atomic E-state index is -0.546. The van der Waals surface area contributed by atoms with Gasteiger partial charge >= 0.3 is 6.09 Å². The van der Waals surface area contributed by atoms with Crippen LogP contribution in [0.5, 0.6) is 0 Å². The van der Waals surface area contributed by atoms with Gasteiger partial charge in [-0.15, -0.1) is 10.2 Å². The second-order valence-corrected chi connectivity index (χ2v) is 13.3. The minimum Gasteiger partial charge on any atom is -0.444 e. The van der Waals surface area contributed by atoms with Crippen LogP contribution in [-0.4, -0.2) is 55.5 Å². The van der Waals surface area contributed by atoms with Gasteiger partial charge in [-0.2, -0.15) is 0 Å². The predicted molar refractivity (Wildman–Crippen MR) is 158 cm³/mol. The lowest BCUT2D eigenvalue weighted by Crippen LogP contribution is -2.63. The van der Waals surface area contributed by atoms with Crippen LogP contribution in [0.25, 0.3) is 22.4 Å². The van der Waals surface area contributed by atoms with Crippen molar-refractivity contribution in [3.8, 4) is 22.4 Å². The smallest absolute Gasteiger partial charge is 0.411 e. The Hall–Kier alpha value is -3.75. The molecule has 5 rings (SSSR count). The average molecular weight is 562 g/mol. The van der Waals surface area contributed by atoms with Crippen molar-refractivity contribution >= 4 is 11.9 Å². The number of benzene rings is 1. The highest BCUT2D eigenvalue weighted by Gasteiger charge is 2.59. The molecule has 218 valence electrons. The molecule has 1 unspecified atom stereocenters. The van der Waals surface area contributed by atoms with E-state index >= 15 is 4.39 Å². The highest BCUT2D eigenvalue weighted by molar-refractivity contribution is 5.73. The summed E-state index contributed by atoms with van der Waals surface area (Å²) in [6.07, 6.45) is 4.85. The fraction of sp³-hybridized carbons (Fsp3) is 0.500. The van der Waals surface area contributed by atoms with E-state index in [1.807, 2.05) is 51.8 Å². The number of rotatable bonds is 4. The standard InChI is InChI=1S/C32H40FN5O3/c1-20-15-24(21-11-14-36(7)28(39)16-21)25(33)17-23(20)26-9-10-27(35-34-26)37(8)22-18-31(5)12-13-32(6,19-22)38(31)29(40)41-30(2,3)4/h9-11,14-17,22H,12-13,18-19H2,1-8H3/t22?,31-,32+. The number of hydrogen-bond acceptors (Lipinski definition) is 6. The van der Waals surface area contributed by atoms with Gasteiger partial charge in [-0.25, -0.2) is 9.18 Å². The lowest BCUT2D eigenvalue weighted by atomic mass is 9.82. The number of aryl methyl sites for hydroxylation is 2. The number of aromatic nitrogens is 3. The van der Waals surface area contributed by atoms with E-state index in [1.54, 1.807) is 25.4 Å². The van der Waals surface area contributed by atoms with Crippen LogP contribution in [0.4, 0.5) is 15.0 Å². The Morgan fingerprint density at radius 1 is 1.05 bits per heavy atom. The maximum atomic E-state index is 15.2. The van der Waals surface area contributed by atoms with E-state index in [0.29, 0.717) is 22.4 Å². The quantitative estimate of drug-likeness (QED) is 0.383. The zero-order chi connectivity index (χ0) is 29.9. The van der Waals surface area contributed by atoms with Gasteiger partial charge in [0.2, 0.25) is 0 Å². The topological polar surface area (TPSA) is 80.6 Å². The molecule has 0 saturated carbocycles. The maximum absolute atomic E-state index is 15.2. The molecule has 8 nitrogen and oxygen atoms in total. The van der Waals surface area contributed by atoms with Crippen molar-refractivity contribution in [3.05, 3.63) is 64.3 Å². The van der Waals surface area contributed by atoms with E-state index in [2.05, 4.69) is 28.9 Å². The number of carbonyl (C=O) groups is 1. The van der Waals surface area contributed by atoms with E-state index in [0.717, 1.165) is 37.1 Å². The molecule has 3 aromatic rings. The Balaban J connectivity index is 1.35. The molecule has 4 heterocycles. The van der Waals surface area contributed by atoms with Gasteiger partial charge in [0, 0.05) is 54.6 Å². The molecule has 2 fully saturated rings. The summed E-state index contributed by atoms with van der Waals surface area (Å²) in [5.41, 5.74) is 1.64. The number of fused-ring (bicyclic) bond motifs is 2. The molecule has 0 spiro atoms.